The van der Waals surface area contributed by atoms with Crippen LogP contribution in [0.1, 0.15) is 6.42 Å². The minimum atomic E-state index is -2.02. The Balaban J connectivity index is 4.30. The summed E-state index contributed by atoms with van der Waals surface area (Å²) in [7, 11) is 0. The minimum absolute atomic E-state index is 0.315. The first-order valence-corrected chi connectivity index (χ1v) is 3.19. The smallest absolute Gasteiger partial charge is 0.177 e. The molecule has 0 aliphatic rings. The first-order chi connectivity index (χ1) is 5.60. The molecule has 0 spiro atoms. The molecule has 0 rings (SSSR count). The quantitative estimate of drug-likeness (QED) is 0.211. The van der Waals surface area contributed by atoms with Crippen LogP contribution in [-0.4, -0.2) is 40.1 Å². The summed E-state index contributed by atoms with van der Waals surface area (Å²) < 4.78 is 0. The van der Waals surface area contributed by atoms with Gasteiger partial charge in [0.05, 0.1) is 0 Å². The molecule has 68 valence electrons. The second-order valence-electron chi connectivity index (χ2n) is 2.26. The first kappa shape index (κ1) is 11.1. The van der Waals surface area contributed by atoms with E-state index in [0.29, 0.717) is 6.29 Å². The second kappa shape index (κ2) is 4.85. The van der Waals surface area contributed by atoms with Crippen LogP contribution in [0.5, 0.6) is 0 Å². The van der Waals surface area contributed by atoms with Crippen molar-refractivity contribution in [2.75, 3.05) is 6.61 Å². The fourth-order valence-electron chi connectivity index (χ4n) is 0.619. The first-order valence-electron chi connectivity index (χ1n) is 3.19. The summed E-state index contributed by atoms with van der Waals surface area (Å²) in [5.41, 5.74) is -2.02. The fraction of sp³-hybridized carbons (Fsp3) is 0.571. The molecule has 0 saturated carbocycles. The third-order valence-electron chi connectivity index (χ3n) is 1.41. The van der Waals surface area contributed by atoms with Crippen molar-refractivity contribution in [3.8, 4) is 12.3 Å². The van der Waals surface area contributed by atoms with Crippen LogP contribution in [0.3, 0.4) is 0 Å². The van der Waals surface area contributed by atoms with Crippen molar-refractivity contribution in [3.63, 3.8) is 0 Å². The third-order valence-corrected chi connectivity index (χ3v) is 1.41. The molecule has 0 unspecified atom stereocenters. The molecular formula is C7H10O5. The molecule has 5 heteroatoms. The molecule has 0 saturated heterocycles. The van der Waals surface area contributed by atoms with Crippen molar-refractivity contribution < 1.29 is 25.2 Å². The Kier molecular flexibility index (Phi) is 4.47. The van der Waals surface area contributed by atoms with Gasteiger partial charge in [-0.2, -0.15) is 0 Å². The molecule has 3 N–H and O–H groups in total. The molecule has 0 heterocycles. The average Bonchev–Trinajstić information content (AvgIpc) is 2.05. The molecule has 0 aromatic heterocycles. The Labute approximate surface area is 69.5 Å². The van der Waals surface area contributed by atoms with E-state index in [-0.39, 0.29) is 6.42 Å². The van der Waals surface area contributed by atoms with Crippen molar-refractivity contribution in [2.45, 2.75) is 18.1 Å². The van der Waals surface area contributed by atoms with Gasteiger partial charge in [-0.1, -0.05) is 5.92 Å². The number of aliphatic hydroxyl groups is 2. The van der Waals surface area contributed by atoms with Gasteiger partial charge in [-0.3, -0.25) is 5.26 Å². The van der Waals surface area contributed by atoms with Crippen LogP contribution >= 0.6 is 0 Å². The maximum atomic E-state index is 9.94. The van der Waals surface area contributed by atoms with E-state index >= 15 is 0 Å². The number of aliphatic hydroxyl groups excluding tert-OH is 1. The van der Waals surface area contributed by atoms with Crippen LogP contribution < -0.4 is 0 Å². The molecule has 5 nitrogen and oxygen atoms in total. The summed E-state index contributed by atoms with van der Waals surface area (Å²) >= 11 is 0. The van der Waals surface area contributed by atoms with Crippen LogP contribution in [-0.2, 0) is 9.68 Å². The highest BCUT2D eigenvalue weighted by atomic mass is 17.1. The summed E-state index contributed by atoms with van der Waals surface area (Å²) in [5, 5.41) is 26.4. The van der Waals surface area contributed by atoms with Crippen LogP contribution in [0.25, 0.3) is 0 Å². The van der Waals surface area contributed by atoms with E-state index in [2.05, 4.69) is 4.89 Å². The van der Waals surface area contributed by atoms with Gasteiger partial charge < -0.3 is 15.0 Å². The number of aldehydes is 1. The number of carbonyl (C=O) groups is 1. The van der Waals surface area contributed by atoms with E-state index in [4.69, 9.17) is 16.8 Å². The van der Waals surface area contributed by atoms with Crippen LogP contribution in [0.4, 0.5) is 0 Å². The lowest BCUT2D eigenvalue weighted by Gasteiger charge is -2.24. The van der Waals surface area contributed by atoms with Crippen LogP contribution in [0.15, 0.2) is 0 Å². The highest BCUT2D eigenvalue weighted by Crippen LogP contribution is 2.11. The molecule has 0 aromatic rings. The zero-order valence-corrected chi connectivity index (χ0v) is 6.30. The molecule has 0 fully saturated rings. The number of terminal acetylenes is 1. The van der Waals surface area contributed by atoms with Gasteiger partial charge in [0, 0.05) is 6.42 Å². The van der Waals surface area contributed by atoms with E-state index in [1.165, 1.54) is 0 Å². The lowest BCUT2D eigenvalue weighted by molar-refractivity contribution is -0.273. The van der Waals surface area contributed by atoms with Gasteiger partial charge in [0.25, 0.3) is 0 Å². The van der Waals surface area contributed by atoms with Crippen LogP contribution in [0, 0.1) is 12.3 Å². The molecule has 0 aliphatic heterocycles. The predicted octanol–water partition coefficient (Wildman–Crippen LogP) is -1.21. The summed E-state index contributed by atoms with van der Waals surface area (Å²) in [6.07, 6.45) is 3.51. The third kappa shape index (κ3) is 2.60. The number of rotatable bonds is 5. The maximum absolute atomic E-state index is 9.94. The van der Waals surface area contributed by atoms with Gasteiger partial charge in [0.1, 0.15) is 19.0 Å². The number of hydrogen-bond acceptors (Lipinski definition) is 5. The molecule has 0 amide bonds. The Bertz CT molecular complexity index is 185. The summed E-state index contributed by atoms with van der Waals surface area (Å²) in [6.45, 7) is -0.640. The van der Waals surface area contributed by atoms with Crippen molar-refractivity contribution in [3.05, 3.63) is 0 Å². The van der Waals surface area contributed by atoms with Crippen molar-refractivity contribution in [1.82, 2.24) is 0 Å². The van der Waals surface area contributed by atoms with E-state index in [1.807, 2.05) is 5.92 Å². The van der Waals surface area contributed by atoms with Crippen molar-refractivity contribution >= 4 is 6.29 Å². The molecule has 0 bridgehead atoms. The topological polar surface area (TPSA) is 87.0 Å². The lowest BCUT2D eigenvalue weighted by atomic mass is 9.97. The summed E-state index contributed by atoms with van der Waals surface area (Å²) in [4.78, 5) is 13.5. The SMILES string of the molecule is C#C[C@@](O)(COO)[C@@H](O)CC=O. The normalized spacial score (nSPS) is 17.5. The maximum Gasteiger partial charge on any atom is 0.177 e. The lowest BCUT2D eigenvalue weighted by Crippen LogP contribution is -2.45. The summed E-state index contributed by atoms with van der Waals surface area (Å²) in [5.74, 6) is 1.83. The Morgan fingerprint density at radius 1 is 1.75 bits per heavy atom. The van der Waals surface area contributed by atoms with Gasteiger partial charge in [-0.05, 0) is 0 Å². The van der Waals surface area contributed by atoms with Gasteiger partial charge >= 0.3 is 0 Å². The highest BCUT2D eigenvalue weighted by molar-refractivity contribution is 5.51. The number of hydrogen-bond donors (Lipinski definition) is 3. The molecular weight excluding hydrogens is 164 g/mol. The zero-order chi connectivity index (χ0) is 9.61. The van der Waals surface area contributed by atoms with E-state index in [1.54, 1.807) is 0 Å². The van der Waals surface area contributed by atoms with Gasteiger partial charge in [-0.25, -0.2) is 4.89 Å². The zero-order valence-electron chi connectivity index (χ0n) is 6.30. The van der Waals surface area contributed by atoms with E-state index < -0.39 is 18.3 Å². The second-order valence-corrected chi connectivity index (χ2v) is 2.26. The minimum Gasteiger partial charge on any atom is -0.389 e. The summed E-state index contributed by atoms with van der Waals surface area (Å²) in [6, 6.07) is 0. The van der Waals surface area contributed by atoms with Gasteiger partial charge in [0.15, 0.2) is 5.60 Å². The monoisotopic (exact) mass is 174 g/mol. The Morgan fingerprint density at radius 2 is 2.33 bits per heavy atom. The Morgan fingerprint density at radius 3 is 2.67 bits per heavy atom. The fourth-order valence-corrected chi connectivity index (χ4v) is 0.619. The predicted molar refractivity (Wildman–Crippen MR) is 39.1 cm³/mol. The van der Waals surface area contributed by atoms with Crippen molar-refractivity contribution in [2.24, 2.45) is 0 Å². The molecule has 12 heavy (non-hydrogen) atoms. The highest BCUT2D eigenvalue weighted by Gasteiger charge is 2.33. The standard InChI is InChI=1S/C7H10O5/c1-2-7(10,5-12-11)6(9)3-4-8/h1,4,6,9-11H,3,5H2/t6-,7+/m0/s1. The molecule has 0 radical (unpaired) electrons. The molecule has 2 atom stereocenters. The van der Waals surface area contributed by atoms with Crippen LogP contribution in [0.2, 0.25) is 0 Å². The van der Waals surface area contributed by atoms with Gasteiger partial charge in [0.2, 0.25) is 0 Å². The Hall–Kier alpha value is -0.930. The van der Waals surface area contributed by atoms with Crippen molar-refractivity contribution in [1.29, 1.82) is 0 Å². The molecule has 0 aliphatic carbocycles. The number of carbonyl (C=O) groups excluding carboxylic acids is 1. The molecule has 0 aromatic carbocycles. The largest absolute Gasteiger partial charge is 0.389 e. The van der Waals surface area contributed by atoms with Gasteiger partial charge in [-0.15, -0.1) is 6.42 Å². The average molecular weight is 174 g/mol. The van der Waals surface area contributed by atoms with E-state index in [0.717, 1.165) is 0 Å². The van der Waals surface area contributed by atoms with E-state index in [9.17, 15) is 9.90 Å².